The molecule has 0 aliphatic heterocycles. The van der Waals surface area contributed by atoms with Gasteiger partial charge in [-0.2, -0.15) is 0 Å². The number of amides is 1. The smallest absolute Gasteiger partial charge is 0.331 e. The summed E-state index contributed by atoms with van der Waals surface area (Å²) in [4.78, 5) is 26.9. The minimum absolute atomic E-state index is 0.158. The van der Waals surface area contributed by atoms with Crippen LogP contribution >= 0.6 is 27.5 Å². The van der Waals surface area contributed by atoms with Gasteiger partial charge >= 0.3 is 5.97 Å². The fourth-order valence-electron chi connectivity index (χ4n) is 1.42. The molecule has 2 aromatic heterocycles. The zero-order chi connectivity index (χ0) is 15.9. The van der Waals surface area contributed by atoms with Crippen molar-refractivity contribution in [1.82, 2.24) is 4.98 Å². The van der Waals surface area contributed by atoms with E-state index >= 15 is 0 Å². The number of aromatic nitrogens is 1. The van der Waals surface area contributed by atoms with Crippen LogP contribution in [-0.4, -0.2) is 23.5 Å². The van der Waals surface area contributed by atoms with E-state index < -0.39 is 18.5 Å². The van der Waals surface area contributed by atoms with Crippen molar-refractivity contribution in [3.05, 3.63) is 52.1 Å². The molecule has 8 heteroatoms. The summed E-state index contributed by atoms with van der Waals surface area (Å²) in [5, 5.41) is 2.64. The number of hydrogen-bond acceptors (Lipinski definition) is 5. The van der Waals surface area contributed by atoms with E-state index in [1.807, 2.05) is 0 Å². The van der Waals surface area contributed by atoms with Gasteiger partial charge in [0.25, 0.3) is 5.91 Å². The Morgan fingerprint density at radius 2 is 2.23 bits per heavy atom. The summed E-state index contributed by atoms with van der Waals surface area (Å²) in [7, 11) is 0. The molecule has 114 valence electrons. The first-order valence-electron chi connectivity index (χ1n) is 6.05. The zero-order valence-electron chi connectivity index (χ0n) is 11.1. The van der Waals surface area contributed by atoms with Crippen LogP contribution in [0.4, 0.5) is 5.69 Å². The molecule has 22 heavy (non-hydrogen) atoms. The molecule has 0 aliphatic rings. The third-order valence-corrected chi connectivity index (χ3v) is 3.08. The minimum Gasteiger partial charge on any atom is -0.452 e. The molecule has 0 saturated heterocycles. The van der Waals surface area contributed by atoms with Crippen molar-refractivity contribution < 1.29 is 18.7 Å². The van der Waals surface area contributed by atoms with Crippen molar-refractivity contribution in [2.24, 2.45) is 0 Å². The highest BCUT2D eigenvalue weighted by atomic mass is 79.9. The maximum atomic E-state index is 11.6. The number of carbonyl (C=O) groups excluding carboxylic acids is 2. The Balaban J connectivity index is 1.80. The zero-order valence-corrected chi connectivity index (χ0v) is 13.4. The van der Waals surface area contributed by atoms with Crippen molar-refractivity contribution in [2.75, 3.05) is 11.9 Å². The van der Waals surface area contributed by atoms with Crippen molar-refractivity contribution in [3.8, 4) is 0 Å². The standard InChI is InChI=1S/C14H10BrClN2O4/c15-11-5-3-9(22-11)4-6-13(20)21-8-12(19)18-10-2-1-7-17-14(10)16/h1-7H,8H2,(H,18,19)/b6-4+. The Kier molecular flexibility index (Phi) is 5.74. The average Bonchev–Trinajstić information content (AvgIpc) is 2.91. The molecule has 0 radical (unpaired) electrons. The Labute approximate surface area is 139 Å². The molecule has 1 N–H and O–H groups in total. The van der Waals surface area contributed by atoms with Crippen molar-refractivity contribution in [3.63, 3.8) is 0 Å². The number of nitrogens with one attached hydrogen (secondary N) is 1. The van der Waals surface area contributed by atoms with E-state index in [9.17, 15) is 9.59 Å². The van der Waals surface area contributed by atoms with Crippen LogP contribution in [0.15, 0.2) is 45.6 Å². The first-order chi connectivity index (χ1) is 10.5. The number of furan rings is 1. The molecule has 0 unspecified atom stereocenters. The third kappa shape index (κ3) is 5.01. The molecular weight excluding hydrogens is 376 g/mol. The van der Waals surface area contributed by atoms with E-state index in [1.54, 1.807) is 24.3 Å². The highest BCUT2D eigenvalue weighted by molar-refractivity contribution is 9.10. The number of esters is 1. The molecule has 1 amide bonds. The maximum Gasteiger partial charge on any atom is 0.331 e. The molecule has 0 spiro atoms. The van der Waals surface area contributed by atoms with Crippen molar-refractivity contribution in [2.45, 2.75) is 0 Å². The second-order valence-corrected chi connectivity index (χ2v) is 5.11. The fraction of sp³-hybridized carbons (Fsp3) is 0.0714. The fourth-order valence-corrected chi connectivity index (χ4v) is 1.90. The maximum absolute atomic E-state index is 11.6. The molecule has 0 saturated carbocycles. The Bertz CT molecular complexity index is 714. The number of halogens is 2. The number of anilines is 1. The molecular formula is C14H10BrClN2O4. The monoisotopic (exact) mass is 384 g/mol. The van der Waals surface area contributed by atoms with Crippen LogP contribution in [-0.2, 0) is 14.3 Å². The highest BCUT2D eigenvalue weighted by Gasteiger charge is 2.08. The average molecular weight is 386 g/mol. The van der Waals surface area contributed by atoms with E-state index in [4.69, 9.17) is 20.8 Å². The number of nitrogens with zero attached hydrogens (tertiary/aromatic N) is 1. The SMILES string of the molecule is O=C(COC(=O)/C=C/c1ccc(Br)o1)Nc1cccnc1Cl. The lowest BCUT2D eigenvalue weighted by molar-refractivity contribution is -0.142. The first kappa shape index (κ1) is 16.3. The lowest BCUT2D eigenvalue weighted by Gasteiger charge is -2.06. The summed E-state index contributed by atoms with van der Waals surface area (Å²) in [6.45, 7) is -0.434. The van der Waals surface area contributed by atoms with Gasteiger partial charge in [-0.05, 0) is 46.3 Å². The van der Waals surface area contributed by atoms with E-state index in [1.165, 1.54) is 12.3 Å². The molecule has 0 aliphatic carbocycles. The molecule has 0 atom stereocenters. The van der Waals surface area contributed by atoms with Gasteiger partial charge in [-0.1, -0.05) is 11.6 Å². The van der Waals surface area contributed by atoms with Crippen LogP contribution in [0, 0.1) is 0 Å². The molecule has 6 nitrogen and oxygen atoms in total. The Morgan fingerprint density at radius 3 is 2.91 bits per heavy atom. The van der Waals surface area contributed by atoms with Gasteiger partial charge in [-0.15, -0.1) is 0 Å². The van der Waals surface area contributed by atoms with Gasteiger partial charge in [0, 0.05) is 12.3 Å². The summed E-state index contributed by atoms with van der Waals surface area (Å²) in [6.07, 6.45) is 4.09. The summed E-state index contributed by atoms with van der Waals surface area (Å²) in [5.41, 5.74) is 0.348. The Morgan fingerprint density at radius 1 is 1.41 bits per heavy atom. The van der Waals surface area contributed by atoms with Gasteiger partial charge in [-0.3, -0.25) is 4.79 Å². The number of pyridine rings is 1. The van der Waals surface area contributed by atoms with E-state index in [0.29, 0.717) is 16.1 Å². The van der Waals surface area contributed by atoms with Crippen LogP contribution in [0.3, 0.4) is 0 Å². The third-order valence-electron chi connectivity index (χ3n) is 2.36. The summed E-state index contributed by atoms with van der Waals surface area (Å²) in [5.74, 6) is -0.701. The van der Waals surface area contributed by atoms with Crippen LogP contribution in [0.2, 0.25) is 5.15 Å². The number of ether oxygens (including phenoxy) is 1. The van der Waals surface area contributed by atoms with Crippen molar-refractivity contribution in [1.29, 1.82) is 0 Å². The van der Waals surface area contributed by atoms with Gasteiger partial charge in [0.15, 0.2) is 16.4 Å². The largest absolute Gasteiger partial charge is 0.452 e. The molecule has 0 fully saturated rings. The topological polar surface area (TPSA) is 81.4 Å². The quantitative estimate of drug-likeness (QED) is 0.485. The van der Waals surface area contributed by atoms with Crippen LogP contribution in [0.1, 0.15) is 5.76 Å². The van der Waals surface area contributed by atoms with Crippen LogP contribution in [0.5, 0.6) is 0 Å². The van der Waals surface area contributed by atoms with Crippen molar-refractivity contribution >= 4 is 51.2 Å². The predicted octanol–water partition coefficient (Wildman–Crippen LogP) is 3.29. The molecule has 0 bridgehead atoms. The second kappa shape index (κ2) is 7.77. The van der Waals surface area contributed by atoms with E-state index in [0.717, 1.165) is 6.08 Å². The van der Waals surface area contributed by atoms with Gasteiger partial charge in [0.1, 0.15) is 5.76 Å². The van der Waals surface area contributed by atoms with E-state index in [2.05, 4.69) is 26.2 Å². The van der Waals surface area contributed by atoms with Gasteiger partial charge in [-0.25, -0.2) is 9.78 Å². The second-order valence-electron chi connectivity index (χ2n) is 3.97. The lowest BCUT2D eigenvalue weighted by Crippen LogP contribution is -2.20. The van der Waals surface area contributed by atoms with Gasteiger partial charge in [0.2, 0.25) is 0 Å². The number of carbonyl (C=O) groups is 2. The first-order valence-corrected chi connectivity index (χ1v) is 7.22. The lowest BCUT2D eigenvalue weighted by atomic mass is 10.4. The van der Waals surface area contributed by atoms with Gasteiger partial charge < -0.3 is 14.5 Å². The summed E-state index contributed by atoms with van der Waals surface area (Å²) in [6, 6.07) is 6.57. The minimum atomic E-state index is -0.667. The summed E-state index contributed by atoms with van der Waals surface area (Å²) >= 11 is 8.93. The molecule has 2 rings (SSSR count). The van der Waals surface area contributed by atoms with Crippen LogP contribution in [0.25, 0.3) is 6.08 Å². The number of hydrogen-bond donors (Lipinski definition) is 1. The molecule has 2 aromatic rings. The van der Waals surface area contributed by atoms with Crippen LogP contribution < -0.4 is 5.32 Å². The van der Waals surface area contributed by atoms with E-state index in [-0.39, 0.29) is 5.15 Å². The normalized spacial score (nSPS) is 10.6. The molecule has 2 heterocycles. The predicted molar refractivity (Wildman–Crippen MR) is 84.3 cm³/mol. The summed E-state index contributed by atoms with van der Waals surface area (Å²) < 4.78 is 10.5. The highest BCUT2D eigenvalue weighted by Crippen LogP contribution is 2.17. The van der Waals surface area contributed by atoms with Gasteiger partial charge in [0.05, 0.1) is 5.69 Å². The number of rotatable bonds is 5. The molecule has 0 aromatic carbocycles. The Hall–Kier alpha value is -2.12.